The molecule has 154 valence electrons. The van der Waals surface area contributed by atoms with E-state index in [9.17, 15) is 9.59 Å². The predicted octanol–water partition coefficient (Wildman–Crippen LogP) is 4.48. The first kappa shape index (κ1) is 21.3. The lowest BCUT2D eigenvalue weighted by atomic mass is 9.86. The molecular weight excluding hydrogens is 372 g/mol. The molecule has 0 aliphatic heterocycles. The zero-order chi connectivity index (χ0) is 21.7. The number of nitrogens with two attached hydrogens (primary N) is 1. The van der Waals surface area contributed by atoms with Crippen LogP contribution in [0.3, 0.4) is 0 Å². The van der Waals surface area contributed by atoms with E-state index in [0.29, 0.717) is 12.0 Å². The summed E-state index contributed by atoms with van der Waals surface area (Å²) in [5, 5.41) is 2.77. The summed E-state index contributed by atoms with van der Waals surface area (Å²) in [6, 6.07) is 24.7. The minimum Gasteiger partial charge on any atom is -0.368 e. The van der Waals surface area contributed by atoms with E-state index in [1.807, 2.05) is 66.7 Å². The van der Waals surface area contributed by atoms with E-state index in [0.717, 1.165) is 22.3 Å². The van der Waals surface area contributed by atoms with Gasteiger partial charge in [-0.1, -0.05) is 87.5 Å². The quantitative estimate of drug-likeness (QED) is 0.640. The van der Waals surface area contributed by atoms with Crippen molar-refractivity contribution in [2.45, 2.75) is 38.6 Å². The number of carbonyl (C=O) groups excluding carboxylic acids is 2. The lowest BCUT2D eigenvalue weighted by Gasteiger charge is -2.20. The van der Waals surface area contributed by atoms with Crippen LogP contribution in [-0.2, 0) is 16.6 Å². The Bertz CT molecular complexity index is 1000. The van der Waals surface area contributed by atoms with Gasteiger partial charge in [0.1, 0.15) is 6.04 Å². The van der Waals surface area contributed by atoms with Crippen LogP contribution >= 0.6 is 0 Å². The average molecular weight is 401 g/mol. The Balaban J connectivity index is 1.69. The Morgan fingerprint density at radius 1 is 0.833 bits per heavy atom. The first-order valence-corrected chi connectivity index (χ1v) is 10.1. The molecule has 0 saturated heterocycles. The van der Waals surface area contributed by atoms with Crippen LogP contribution in [0.4, 0.5) is 0 Å². The molecule has 0 aliphatic rings. The maximum absolute atomic E-state index is 12.6. The van der Waals surface area contributed by atoms with Crippen molar-refractivity contribution in [1.82, 2.24) is 5.32 Å². The van der Waals surface area contributed by atoms with E-state index in [2.05, 4.69) is 26.1 Å². The van der Waals surface area contributed by atoms with E-state index in [1.165, 1.54) is 0 Å². The molecule has 0 aliphatic carbocycles. The van der Waals surface area contributed by atoms with Gasteiger partial charge in [0.25, 0.3) is 5.91 Å². The Kier molecular flexibility index (Phi) is 6.36. The summed E-state index contributed by atoms with van der Waals surface area (Å²) < 4.78 is 0. The second kappa shape index (κ2) is 8.95. The third kappa shape index (κ3) is 5.35. The summed E-state index contributed by atoms with van der Waals surface area (Å²) in [5.41, 5.74) is 10.4. The van der Waals surface area contributed by atoms with E-state index in [4.69, 9.17) is 5.73 Å². The fraction of sp³-hybridized carbons (Fsp3) is 0.231. The molecule has 3 aromatic carbocycles. The monoisotopic (exact) mass is 400 g/mol. The van der Waals surface area contributed by atoms with Crippen molar-refractivity contribution < 1.29 is 9.59 Å². The van der Waals surface area contributed by atoms with E-state index >= 15 is 0 Å². The standard InChI is InChI=1S/C26H28N2O2/c1-26(2,3)22-15-13-21(14-16-22)25(30)28-23(24(27)29)17-18-9-11-20(12-10-18)19-7-5-4-6-8-19/h4-16,23H,17H2,1-3H3,(H2,27,29)(H,28,30)/t23-/m1/s1. The average Bonchev–Trinajstić information content (AvgIpc) is 2.74. The molecule has 2 amide bonds. The fourth-order valence-electron chi connectivity index (χ4n) is 3.29. The van der Waals surface area contributed by atoms with Crippen molar-refractivity contribution in [2.75, 3.05) is 0 Å². The first-order chi connectivity index (χ1) is 14.2. The molecular formula is C26H28N2O2. The summed E-state index contributed by atoms with van der Waals surface area (Å²) in [7, 11) is 0. The molecule has 0 saturated carbocycles. The Morgan fingerprint density at radius 3 is 1.93 bits per heavy atom. The van der Waals surface area contributed by atoms with Gasteiger partial charge < -0.3 is 11.1 Å². The van der Waals surface area contributed by atoms with Gasteiger partial charge in [-0.15, -0.1) is 0 Å². The van der Waals surface area contributed by atoms with E-state index < -0.39 is 11.9 Å². The van der Waals surface area contributed by atoms with Gasteiger partial charge >= 0.3 is 0 Å². The van der Waals surface area contributed by atoms with Gasteiger partial charge in [0.15, 0.2) is 0 Å². The molecule has 0 spiro atoms. The minimum atomic E-state index is -0.776. The van der Waals surface area contributed by atoms with Crippen LogP contribution in [0.2, 0.25) is 0 Å². The highest BCUT2D eigenvalue weighted by Crippen LogP contribution is 2.22. The maximum atomic E-state index is 12.6. The molecule has 0 unspecified atom stereocenters. The summed E-state index contributed by atoms with van der Waals surface area (Å²) in [6.07, 6.45) is 0.343. The van der Waals surface area contributed by atoms with Crippen LogP contribution in [0, 0.1) is 0 Å². The summed E-state index contributed by atoms with van der Waals surface area (Å²) in [5.74, 6) is -0.859. The summed E-state index contributed by atoms with van der Waals surface area (Å²) in [4.78, 5) is 24.6. The fourth-order valence-corrected chi connectivity index (χ4v) is 3.29. The number of hydrogen-bond acceptors (Lipinski definition) is 2. The molecule has 0 radical (unpaired) electrons. The normalized spacial score (nSPS) is 12.2. The predicted molar refractivity (Wildman–Crippen MR) is 121 cm³/mol. The number of nitrogens with one attached hydrogen (secondary N) is 1. The molecule has 0 bridgehead atoms. The minimum absolute atomic E-state index is 0.0106. The van der Waals surface area contributed by atoms with Crippen molar-refractivity contribution in [3.63, 3.8) is 0 Å². The highest BCUT2D eigenvalue weighted by atomic mass is 16.2. The summed E-state index contributed by atoms with van der Waals surface area (Å²) >= 11 is 0. The number of amides is 2. The maximum Gasteiger partial charge on any atom is 0.251 e. The van der Waals surface area contributed by atoms with Gasteiger partial charge in [0.2, 0.25) is 5.91 Å². The van der Waals surface area contributed by atoms with Crippen LogP contribution < -0.4 is 11.1 Å². The van der Waals surface area contributed by atoms with E-state index in [-0.39, 0.29) is 11.3 Å². The SMILES string of the molecule is CC(C)(C)c1ccc(C(=O)N[C@H](Cc2ccc(-c3ccccc3)cc2)C(N)=O)cc1. The lowest BCUT2D eigenvalue weighted by molar-refractivity contribution is -0.119. The van der Waals surface area contributed by atoms with Crippen molar-refractivity contribution in [2.24, 2.45) is 5.73 Å². The van der Waals surface area contributed by atoms with Crippen LogP contribution in [0.1, 0.15) is 42.3 Å². The van der Waals surface area contributed by atoms with Gasteiger partial charge in [-0.3, -0.25) is 9.59 Å². The zero-order valence-electron chi connectivity index (χ0n) is 17.7. The second-order valence-corrected chi connectivity index (χ2v) is 8.52. The molecule has 0 aromatic heterocycles. The molecule has 3 N–H and O–H groups in total. The largest absolute Gasteiger partial charge is 0.368 e. The first-order valence-electron chi connectivity index (χ1n) is 10.1. The number of benzene rings is 3. The number of rotatable bonds is 6. The van der Waals surface area contributed by atoms with Crippen LogP contribution in [0.15, 0.2) is 78.9 Å². The number of hydrogen-bond donors (Lipinski definition) is 2. The molecule has 3 aromatic rings. The third-order valence-corrected chi connectivity index (χ3v) is 5.16. The Morgan fingerprint density at radius 2 is 1.40 bits per heavy atom. The highest BCUT2D eigenvalue weighted by Gasteiger charge is 2.20. The van der Waals surface area contributed by atoms with Crippen molar-refractivity contribution in [3.8, 4) is 11.1 Å². The summed E-state index contributed by atoms with van der Waals surface area (Å²) in [6.45, 7) is 6.36. The molecule has 0 heterocycles. The molecule has 3 rings (SSSR count). The highest BCUT2D eigenvalue weighted by molar-refractivity contribution is 5.97. The molecule has 0 fully saturated rings. The number of carbonyl (C=O) groups is 2. The lowest BCUT2D eigenvalue weighted by Crippen LogP contribution is -2.45. The second-order valence-electron chi connectivity index (χ2n) is 8.52. The Hall–Kier alpha value is -3.40. The van der Waals surface area contributed by atoms with Gasteiger partial charge in [0, 0.05) is 12.0 Å². The van der Waals surface area contributed by atoms with Gasteiger partial charge in [0.05, 0.1) is 0 Å². The third-order valence-electron chi connectivity index (χ3n) is 5.16. The number of primary amides is 1. The van der Waals surface area contributed by atoms with Gasteiger partial charge in [-0.05, 0) is 39.8 Å². The van der Waals surface area contributed by atoms with Gasteiger partial charge in [-0.25, -0.2) is 0 Å². The Labute approximate surface area is 178 Å². The van der Waals surface area contributed by atoms with Crippen LogP contribution in [0.25, 0.3) is 11.1 Å². The molecule has 1 atom stereocenters. The molecule has 4 heteroatoms. The van der Waals surface area contributed by atoms with E-state index in [1.54, 1.807) is 12.1 Å². The smallest absolute Gasteiger partial charge is 0.251 e. The topological polar surface area (TPSA) is 72.2 Å². The molecule has 4 nitrogen and oxygen atoms in total. The van der Waals surface area contributed by atoms with Gasteiger partial charge in [-0.2, -0.15) is 0 Å². The van der Waals surface area contributed by atoms with Crippen LogP contribution in [-0.4, -0.2) is 17.9 Å². The molecule has 30 heavy (non-hydrogen) atoms. The van der Waals surface area contributed by atoms with Crippen LogP contribution in [0.5, 0.6) is 0 Å². The zero-order valence-corrected chi connectivity index (χ0v) is 17.7. The van der Waals surface area contributed by atoms with Crippen molar-refractivity contribution >= 4 is 11.8 Å². The van der Waals surface area contributed by atoms with Crippen molar-refractivity contribution in [1.29, 1.82) is 0 Å². The van der Waals surface area contributed by atoms with Crippen molar-refractivity contribution in [3.05, 3.63) is 95.6 Å².